The van der Waals surface area contributed by atoms with Gasteiger partial charge in [0, 0.05) is 25.1 Å². The summed E-state index contributed by atoms with van der Waals surface area (Å²) in [6.45, 7) is 0. The Morgan fingerprint density at radius 3 is 2.95 bits per heavy atom. The highest BCUT2D eigenvalue weighted by Gasteiger charge is 2.21. The summed E-state index contributed by atoms with van der Waals surface area (Å²) in [5, 5.41) is 0.993. The van der Waals surface area contributed by atoms with Crippen molar-refractivity contribution in [2.45, 2.75) is 25.7 Å². The molecule has 3 rings (SSSR count). The molecule has 1 aliphatic rings. The van der Waals surface area contributed by atoms with Crippen molar-refractivity contribution in [3.8, 4) is 5.88 Å². The van der Waals surface area contributed by atoms with Gasteiger partial charge in [-0.25, -0.2) is 9.97 Å². The summed E-state index contributed by atoms with van der Waals surface area (Å²) in [6.07, 6.45) is 5.04. The van der Waals surface area contributed by atoms with Crippen LogP contribution in [0.2, 0.25) is 0 Å². The Bertz CT molecular complexity index is 604. The van der Waals surface area contributed by atoms with E-state index in [1.165, 1.54) is 11.3 Å². The molecule has 0 fully saturated rings. The lowest BCUT2D eigenvalue weighted by Crippen LogP contribution is -2.07. The molecule has 2 aromatic rings. The number of rotatable bonds is 3. The van der Waals surface area contributed by atoms with Crippen molar-refractivity contribution in [1.29, 1.82) is 0 Å². The molecule has 0 spiro atoms. The molecule has 0 atom stereocenters. The van der Waals surface area contributed by atoms with Crippen molar-refractivity contribution < 1.29 is 9.53 Å². The third kappa shape index (κ3) is 2.51. The fourth-order valence-electron chi connectivity index (χ4n) is 2.20. The number of nitrogens with zero attached hydrogens (tertiary/aromatic N) is 2. The van der Waals surface area contributed by atoms with E-state index in [4.69, 9.17) is 4.74 Å². The summed E-state index contributed by atoms with van der Waals surface area (Å²) in [5.74, 6) is 0.857. The third-order valence-corrected chi connectivity index (χ3v) is 4.31. The van der Waals surface area contributed by atoms with Gasteiger partial charge in [0.25, 0.3) is 0 Å². The van der Waals surface area contributed by atoms with E-state index in [9.17, 15) is 4.79 Å². The molecule has 98 valence electrons. The van der Waals surface area contributed by atoms with Gasteiger partial charge >= 0.3 is 0 Å². The Morgan fingerprint density at radius 1 is 1.37 bits per heavy atom. The number of aryl methyl sites for hydroxylation is 1. The molecule has 2 aromatic heterocycles. The van der Waals surface area contributed by atoms with Gasteiger partial charge in [0.05, 0.1) is 22.7 Å². The van der Waals surface area contributed by atoms with Gasteiger partial charge in [0.15, 0.2) is 5.78 Å². The lowest BCUT2D eigenvalue weighted by atomic mass is 10.0. The van der Waals surface area contributed by atoms with E-state index in [0.29, 0.717) is 12.3 Å². The number of ketones is 1. The van der Waals surface area contributed by atoms with E-state index in [1.807, 2.05) is 12.1 Å². The lowest BCUT2D eigenvalue weighted by Gasteiger charge is -2.06. The first-order valence-corrected chi connectivity index (χ1v) is 7.08. The van der Waals surface area contributed by atoms with E-state index in [2.05, 4.69) is 9.97 Å². The lowest BCUT2D eigenvalue weighted by molar-refractivity contribution is 0.0976. The fourth-order valence-corrected chi connectivity index (χ4v) is 3.32. The zero-order valence-corrected chi connectivity index (χ0v) is 11.5. The van der Waals surface area contributed by atoms with Crippen molar-refractivity contribution in [3.05, 3.63) is 39.5 Å². The van der Waals surface area contributed by atoms with Crippen LogP contribution < -0.4 is 4.74 Å². The van der Waals surface area contributed by atoms with Crippen LogP contribution in [0.1, 0.15) is 38.8 Å². The first-order chi connectivity index (χ1) is 9.26. The standard InChI is InChI=1S/C14H14N2O2S/c1-18-12-6-5-9(8-15-12)7-13-16-10-3-2-4-11(17)14(10)19-13/h5-6,8H,2-4,7H2,1H3. The first-order valence-electron chi connectivity index (χ1n) is 6.27. The molecule has 2 heterocycles. The van der Waals surface area contributed by atoms with Gasteiger partial charge in [-0.1, -0.05) is 6.07 Å². The van der Waals surface area contributed by atoms with Gasteiger partial charge in [-0.05, 0) is 18.4 Å². The quantitative estimate of drug-likeness (QED) is 0.863. The predicted octanol–water partition coefficient (Wildman–Crippen LogP) is 2.66. The Morgan fingerprint density at radius 2 is 2.26 bits per heavy atom. The average molecular weight is 274 g/mol. The normalized spacial score (nSPS) is 14.3. The topological polar surface area (TPSA) is 52.1 Å². The average Bonchev–Trinajstić information content (AvgIpc) is 2.84. The highest BCUT2D eigenvalue weighted by Crippen LogP contribution is 2.28. The van der Waals surface area contributed by atoms with Crippen LogP contribution in [-0.2, 0) is 12.8 Å². The molecule has 19 heavy (non-hydrogen) atoms. The van der Waals surface area contributed by atoms with E-state index in [-0.39, 0.29) is 5.78 Å². The van der Waals surface area contributed by atoms with Gasteiger partial charge in [-0.3, -0.25) is 4.79 Å². The van der Waals surface area contributed by atoms with Crippen LogP contribution in [-0.4, -0.2) is 22.9 Å². The number of carbonyl (C=O) groups is 1. The second-order valence-corrected chi connectivity index (χ2v) is 5.63. The minimum absolute atomic E-state index is 0.248. The molecule has 0 bridgehead atoms. The number of methoxy groups -OCH3 is 1. The Labute approximate surface area is 115 Å². The van der Waals surface area contributed by atoms with Crippen LogP contribution in [0.5, 0.6) is 5.88 Å². The highest BCUT2D eigenvalue weighted by atomic mass is 32.1. The summed E-state index contributed by atoms with van der Waals surface area (Å²) in [7, 11) is 1.60. The molecule has 0 aromatic carbocycles. The zero-order chi connectivity index (χ0) is 13.2. The Hall–Kier alpha value is -1.75. The number of hydrogen-bond acceptors (Lipinski definition) is 5. The summed E-state index contributed by atoms with van der Waals surface area (Å²) in [5.41, 5.74) is 2.07. The molecule has 0 N–H and O–H groups in total. The SMILES string of the molecule is COc1ccc(Cc2nc3c(s2)C(=O)CCC3)cn1. The molecule has 0 amide bonds. The molecule has 5 heteroatoms. The summed E-state index contributed by atoms with van der Waals surface area (Å²) < 4.78 is 5.03. The molecule has 0 aliphatic heterocycles. The van der Waals surface area contributed by atoms with Crippen LogP contribution in [0.15, 0.2) is 18.3 Å². The molecule has 1 aliphatic carbocycles. The highest BCUT2D eigenvalue weighted by molar-refractivity contribution is 7.13. The summed E-state index contributed by atoms with van der Waals surface area (Å²) in [6, 6.07) is 3.82. The zero-order valence-electron chi connectivity index (χ0n) is 10.7. The number of Topliss-reactive ketones (excluding diaryl/α,β-unsaturated/α-hetero) is 1. The van der Waals surface area contributed by atoms with Crippen LogP contribution in [0, 0.1) is 0 Å². The first kappa shape index (κ1) is 12.3. The molecule has 0 radical (unpaired) electrons. The fraction of sp³-hybridized carbons (Fsp3) is 0.357. The van der Waals surface area contributed by atoms with Crippen molar-refractivity contribution in [3.63, 3.8) is 0 Å². The van der Waals surface area contributed by atoms with Crippen molar-refractivity contribution in [1.82, 2.24) is 9.97 Å². The number of thiazole rings is 1. The number of fused-ring (bicyclic) bond motifs is 1. The van der Waals surface area contributed by atoms with Crippen molar-refractivity contribution in [2.75, 3.05) is 7.11 Å². The van der Waals surface area contributed by atoms with E-state index < -0.39 is 0 Å². The van der Waals surface area contributed by atoms with Gasteiger partial charge in [0.1, 0.15) is 0 Å². The van der Waals surface area contributed by atoms with Gasteiger partial charge < -0.3 is 4.74 Å². The van der Waals surface area contributed by atoms with E-state index in [1.54, 1.807) is 13.3 Å². The summed E-state index contributed by atoms with van der Waals surface area (Å²) >= 11 is 1.53. The second kappa shape index (κ2) is 5.09. The smallest absolute Gasteiger partial charge is 0.212 e. The minimum Gasteiger partial charge on any atom is -0.481 e. The Kier molecular flexibility index (Phi) is 3.29. The van der Waals surface area contributed by atoms with Gasteiger partial charge in [-0.2, -0.15) is 0 Å². The monoisotopic (exact) mass is 274 g/mol. The van der Waals surface area contributed by atoms with E-state index in [0.717, 1.165) is 40.4 Å². The van der Waals surface area contributed by atoms with Crippen molar-refractivity contribution >= 4 is 17.1 Å². The molecule has 4 nitrogen and oxygen atoms in total. The molecular formula is C14H14N2O2S. The van der Waals surface area contributed by atoms with Crippen LogP contribution in [0.25, 0.3) is 0 Å². The summed E-state index contributed by atoms with van der Waals surface area (Å²) in [4.78, 5) is 21.4. The predicted molar refractivity (Wildman–Crippen MR) is 73.0 cm³/mol. The number of carbonyl (C=O) groups excluding carboxylic acids is 1. The van der Waals surface area contributed by atoms with Crippen LogP contribution in [0.3, 0.4) is 0 Å². The second-order valence-electron chi connectivity index (χ2n) is 4.55. The third-order valence-electron chi connectivity index (χ3n) is 3.17. The van der Waals surface area contributed by atoms with Gasteiger partial charge in [0.2, 0.25) is 5.88 Å². The van der Waals surface area contributed by atoms with Crippen LogP contribution >= 0.6 is 11.3 Å². The Balaban J connectivity index is 1.81. The minimum atomic E-state index is 0.248. The van der Waals surface area contributed by atoms with E-state index >= 15 is 0 Å². The van der Waals surface area contributed by atoms with Crippen molar-refractivity contribution in [2.24, 2.45) is 0 Å². The maximum atomic E-state index is 11.8. The maximum absolute atomic E-state index is 11.8. The number of ether oxygens (including phenoxy) is 1. The largest absolute Gasteiger partial charge is 0.481 e. The molecule has 0 unspecified atom stereocenters. The number of pyridine rings is 1. The molecule has 0 saturated carbocycles. The van der Waals surface area contributed by atoms with Crippen LogP contribution in [0.4, 0.5) is 0 Å². The molecular weight excluding hydrogens is 260 g/mol. The molecule has 0 saturated heterocycles. The van der Waals surface area contributed by atoms with Gasteiger partial charge in [-0.15, -0.1) is 11.3 Å². The maximum Gasteiger partial charge on any atom is 0.212 e. The number of aromatic nitrogens is 2. The number of hydrogen-bond donors (Lipinski definition) is 0.